The van der Waals surface area contributed by atoms with Crippen LogP contribution in [-0.2, 0) is 6.54 Å². The number of rotatable bonds is 3. The fourth-order valence-corrected chi connectivity index (χ4v) is 1.40. The first kappa shape index (κ1) is 16.7. The highest BCUT2D eigenvalue weighted by atomic mass is 127. The fraction of sp³-hybridized carbons (Fsp3) is 0.385. The first-order chi connectivity index (χ1) is 8.15. The average molecular weight is 358 g/mol. The lowest BCUT2D eigenvalue weighted by molar-refractivity contribution is 0.699. The van der Waals surface area contributed by atoms with E-state index in [4.69, 9.17) is 5.26 Å². The summed E-state index contributed by atoms with van der Waals surface area (Å²) in [5.41, 5.74) is 1.74. The number of guanidine groups is 1. The highest BCUT2D eigenvalue weighted by molar-refractivity contribution is 14.0. The van der Waals surface area contributed by atoms with Crippen LogP contribution in [0.25, 0.3) is 0 Å². The maximum atomic E-state index is 8.80. The van der Waals surface area contributed by atoms with Crippen molar-refractivity contribution in [3.05, 3.63) is 35.4 Å². The van der Waals surface area contributed by atoms with Crippen molar-refractivity contribution in [3.63, 3.8) is 0 Å². The standard InChI is InChI=1S/C13H18N4.HI/c1-10(2)17-13(15-3)16-9-12-6-4-5-11(7-12)8-14;/h4-7,10H,9H2,1-3H3,(H2,15,16,17);1H. The van der Waals surface area contributed by atoms with E-state index in [0.29, 0.717) is 18.2 Å². The Labute approximate surface area is 126 Å². The molecule has 0 aliphatic rings. The van der Waals surface area contributed by atoms with E-state index in [9.17, 15) is 0 Å². The molecule has 0 atom stereocenters. The first-order valence-electron chi connectivity index (χ1n) is 5.62. The number of nitriles is 1. The predicted octanol–water partition coefficient (Wildman–Crippen LogP) is 2.25. The average Bonchev–Trinajstić information content (AvgIpc) is 2.34. The van der Waals surface area contributed by atoms with E-state index < -0.39 is 0 Å². The molecule has 0 aliphatic heterocycles. The summed E-state index contributed by atoms with van der Waals surface area (Å²) in [6.45, 7) is 4.77. The molecule has 1 rings (SSSR count). The van der Waals surface area contributed by atoms with Gasteiger partial charge in [0.15, 0.2) is 5.96 Å². The van der Waals surface area contributed by atoms with Crippen LogP contribution >= 0.6 is 24.0 Å². The zero-order chi connectivity index (χ0) is 12.7. The van der Waals surface area contributed by atoms with Crippen LogP contribution in [0, 0.1) is 11.3 Å². The second kappa shape index (κ2) is 8.75. The van der Waals surface area contributed by atoms with Crippen molar-refractivity contribution in [2.24, 2.45) is 4.99 Å². The summed E-state index contributed by atoms with van der Waals surface area (Å²) in [6, 6.07) is 10.00. The largest absolute Gasteiger partial charge is 0.354 e. The van der Waals surface area contributed by atoms with Gasteiger partial charge in [-0.3, -0.25) is 4.99 Å². The lowest BCUT2D eigenvalue weighted by atomic mass is 10.1. The minimum absolute atomic E-state index is 0. The Kier molecular flexibility index (Phi) is 8.12. The zero-order valence-corrected chi connectivity index (χ0v) is 13.2. The van der Waals surface area contributed by atoms with Crippen LogP contribution in [0.2, 0.25) is 0 Å². The van der Waals surface area contributed by atoms with Gasteiger partial charge in [-0.25, -0.2) is 0 Å². The van der Waals surface area contributed by atoms with Gasteiger partial charge in [0.1, 0.15) is 0 Å². The molecule has 98 valence electrons. The minimum Gasteiger partial charge on any atom is -0.354 e. The molecule has 0 aromatic heterocycles. The van der Waals surface area contributed by atoms with E-state index >= 15 is 0 Å². The number of benzene rings is 1. The Bertz CT molecular complexity index is 435. The second-order valence-electron chi connectivity index (χ2n) is 4.04. The molecule has 0 spiro atoms. The van der Waals surface area contributed by atoms with Crippen molar-refractivity contribution in [2.45, 2.75) is 26.4 Å². The summed E-state index contributed by atoms with van der Waals surface area (Å²) in [5, 5.41) is 15.2. The molecule has 1 aromatic carbocycles. The van der Waals surface area contributed by atoms with Crippen molar-refractivity contribution >= 4 is 29.9 Å². The number of aliphatic imine (C=N–C) groups is 1. The quantitative estimate of drug-likeness (QED) is 0.495. The van der Waals surface area contributed by atoms with Crippen molar-refractivity contribution in [3.8, 4) is 6.07 Å². The fourth-order valence-electron chi connectivity index (χ4n) is 1.40. The maximum absolute atomic E-state index is 8.80. The molecule has 0 fully saturated rings. The number of hydrogen-bond donors (Lipinski definition) is 2. The lowest BCUT2D eigenvalue weighted by Crippen LogP contribution is -2.40. The molecule has 0 saturated heterocycles. The smallest absolute Gasteiger partial charge is 0.191 e. The minimum atomic E-state index is 0. The molecule has 2 N–H and O–H groups in total. The van der Waals surface area contributed by atoms with Crippen LogP contribution in [0.4, 0.5) is 0 Å². The predicted molar refractivity (Wildman–Crippen MR) is 85.0 cm³/mol. The molecule has 0 radical (unpaired) electrons. The van der Waals surface area contributed by atoms with E-state index in [1.807, 2.05) is 18.2 Å². The molecule has 1 aromatic rings. The van der Waals surface area contributed by atoms with Crippen molar-refractivity contribution in [2.75, 3.05) is 7.05 Å². The van der Waals surface area contributed by atoms with Crippen LogP contribution in [0.1, 0.15) is 25.0 Å². The SMILES string of the molecule is CN=C(NCc1cccc(C#N)c1)NC(C)C.I. The Balaban J connectivity index is 0.00000289. The summed E-state index contributed by atoms with van der Waals surface area (Å²) in [4.78, 5) is 4.12. The molecule has 0 bridgehead atoms. The number of nitrogens with zero attached hydrogens (tertiary/aromatic N) is 2. The van der Waals surface area contributed by atoms with Gasteiger partial charge in [-0.2, -0.15) is 5.26 Å². The molecule has 5 heteroatoms. The normalized spacial score (nSPS) is 10.5. The van der Waals surface area contributed by atoms with Crippen LogP contribution in [0.3, 0.4) is 0 Å². The monoisotopic (exact) mass is 358 g/mol. The van der Waals surface area contributed by atoms with Crippen LogP contribution in [0.15, 0.2) is 29.3 Å². The van der Waals surface area contributed by atoms with Crippen molar-refractivity contribution in [1.29, 1.82) is 5.26 Å². The second-order valence-corrected chi connectivity index (χ2v) is 4.04. The zero-order valence-electron chi connectivity index (χ0n) is 10.9. The van der Waals surface area contributed by atoms with Gasteiger partial charge in [-0.05, 0) is 31.5 Å². The Morgan fingerprint density at radius 3 is 2.72 bits per heavy atom. The summed E-state index contributed by atoms with van der Waals surface area (Å²) >= 11 is 0. The van der Waals surface area contributed by atoms with Crippen molar-refractivity contribution in [1.82, 2.24) is 10.6 Å². The third kappa shape index (κ3) is 5.87. The summed E-state index contributed by atoms with van der Waals surface area (Å²) in [7, 11) is 1.74. The van der Waals surface area contributed by atoms with Gasteiger partial charge in [0, 0.05) is 19.6 Å². The van der Waals surface area contributed by atoms with E-state index in [2.05, 4.69) is 35.5 Å². The summed E-state index contributed by atoms with van der Waals surface area (Å²) < 4.78 is 0. The van der Waals surface area contributed by atoms with Gasteiger partial charge in [0.2, 0.25) is 0 Å². The van der Waals surface area contributed by atoms with E-state index in [-0.39, 0.29) is 24.0 Å². The Hall–Kier alpha value is -1.29. The molecule has 0 saturated carbocycles. The van der Waals surface area contributed by atoms with Crippen LogP contribution < -0.4 is 10.6 Å². The summed E-state index contributed by atoms with van der Waals surface area (Å²) in [5.74, 6) is 0.766. The third-order valence-electron chi connectivity index (χ3n) is 2.17. The molecular formula is C13H19IN4. The molecule has 18 heavy (non-hydrogen) atoms. The van der Waals surface area contributed by atoms with Crippen LogP contribution in [0.5, 0.6) is 0 Å². The van der Waals surface area contributed by atoms with Gasteiger partial charge in [0.05, 0.1) is 11.6 Å². The van der Waals surface area contributed by atoms with Gasteiger partial charge < -0.3 is 10.6 Å². The van der Waals surface area contributed by atoms with E-state index in [0.717, 1.165) is 11.5 Å². The number of hydrogen-bond acceptors (Lipinski definition) is 2. The first-order valence-corrected chi connectivity index (χ1v) is 5.62. The highest BCUT2D eigenvalue weighted by Crippen LogP contribution is 2.03. The van der Waals surface area contributed by atoms with E-state index in [1.165, 1.54) is 0 Å². The molecule has 4 nitrogen and oxygen atoms in total. The molecule has 0 amide bonds. The summed E-state index contributed by atoms with van der Waals surface area (Å²) in [6.07, 6.45) is 0. The highest BCUT2D eigenvalue weighted by Gasteiger charge is 2.00. The molecule has 0 unspecified atom stereocenters. The van der Waals surface area contributed by atoms with Gasteiger partial charge >= 0.3 is 0 Å². The van der Waals surface area contributed by atoms with E-state index in [1.54, 1.807) is 13.1 Å². The van der Waals surface area contributed by atoms with Gasteiger partial charge in [-0.15, -0.1) is 24.0 Å². The molecular weight excluding hydrogens is 339 g/mol. The number of halogens is 1. The molecule has 0 aliphatic carbocycles. The number of nitrogens with one attached hydrogen (secondary N) is 2. The van der Waals surface area contributed by atoms with Crippen molar-refractivity contribution < 1.29 is 0 Å². The van der Waals surface area contributed by atoms with Crippen LogP contribution in [-0.4, -0.2) is 19.0 Å². The molecule has 0 heterocycles. The Morgan fingerprint density at radius 1 is 1.44 bits per heavy atom. The maximum Gasteiger partial charge on any atom is 0.191 e. The topological polar surface area (TPSA) is 60.2 Å². The van der Waals surface area contributed by atoms with Gasteiger partial charge in [0.25, 0.3) is 0 Å². The lowest BCUT2D eigenvalue weighted by Gasteiger charge is -2.14. The Morgan fingerprint density at radius 2 is 2.17 bits per heavy atom. The van der Waals surface area contributed by atoms with Gasteiger partial charge in [-0.1, -0.05) is 12.1 Å². The third-order valence-corrected chi connectivity index (χ3v) is 2.17.